The van der Waals surface area contributed by atoms with Crippen molar-refractivity contribution in [3.05, 3.63) is 62.6 Å². The van der Waals surface area contributed by atoms with E-state index in [4.69, 9.17) is 0 Å². The summed E-state index contributed by atoms with van der Waals surface area (Å²) in [6.07, 6.45) is 1.53. The minimum atomic E-state index is -3.90. The van der Waals surface area contributed by atoms with Gasteiger partial charge in [0.15, 0.2) is 0 Å². The lowest BCUT2D eigenvalue weighted by Crippen LogP contribution is -2.31. The molecule has 1 N–H and O–H groups in total. The molecular weight excluding hydrogens is 436 g/mol. The summed E-state index contributed by atoms with van der Waals surface area (Å²) in [7, 11) is -3.90. The van der Waals surface area contributed by atoms with Crippen LogP contribution in [0.25, 0.3) is 0 Å². The van der Waals surface area contributed by atoms with Gasteiger partial charge in [0.2, 0.25) is 10.0 Å². The maximum absolute atomic E-state index is 12.9. The Bertz CT molecular complexity index is 959. The third-order valence-electron chi connectivity index (χ3n) is 3.75. The van der Waals surface area contributed by atoms with E-state index in [2.05, 4.69) is 26.5 Å². The molecular formula is C17H19BrN4O4S. The number of nitrogens with zero attached hydrogens (tertiary/aromatic N) is 3. The smallest absolute Gasteiger partial charge is 0.270 e. The van der Waals surface area contributed by atoms with Crippen molar-refractivity contribution in [2.75, 3.05) is 18.5 Å². The Morgan fingerprint density at radius 3 is 2.52 bits per heavy atom. The second kappa shape index (κ2) is 9.07. The molecule has 0 aromatic heterocycles. The first-order chi connectivity index (χ1) is 12.8. The van der Waals surface area contributed by atoms with Gasteiger partial charge in [0, 0.05) is 29.7 Å². The van der Waals surface area contributed by atoms with E-state index in [1.54, 1.807) is 13.8 Å². The average molecular weight is 455 g/mol. The Morgan fingerprint density at radius 2 is 1.93 bits per heavy atom. The van der Waals surface area contributed by atoms with Gasteiger partial charge < -0.3 is 0 Å². The van der Waals surface area contributed by atoms with Gasteiger partial charge in [-0.1, -0.05) is 41.9 Å². The van der Waals surface area contributed by atoms with Crippen LogP contribution in [0.1, 0.15) is 19.4 Å². The number of anilines is 1. The standard InChI is InChI=1S/C17H19BrN4O4S/c1-3-21(4-2)27(25,26)17-11-15(22(23)24)8-9-16(17)20-19-12-13-6-5-7-14(18)10-13/h5-12,20H,3-4H2,1-2H3. The highest BCUT2D eigenvalue weighted by Crippen LogP contribution is 2.29. The number of nitrogens with one attached hydrogen (secondary N) is 1. The number of halogens is 1. The van der Waals surface area contributed by atoms with Crippen LogP contribution in [0.4, 0.5) is 11.4 Å². The summed E-state index contributed by atoms with van der Waals surface area (Å²) in [5, 5.41) is 15.1. The van der Waals surface area contributed by atoms with Gasteiger partial charge in [-0.3, -0.25) is 15.5 Å². The Balaban J connectivity index is 2.42. The van der Waals surface area contributed by atoms with Crippen LogP contribution in [0.2, 0.25) is 0 Å². The SMILES string of the molecule is CCN(CC)S(=O)(=O)c1cc([N+](=O)[O-])ccc1NN=Cc1cccc(Br)c1. The minimum Gasteiger partial charge on any atom is -0.277 e. The molecule has 0 radical (unpaired) electrons. The molecule has 8 nitrogen and oxygen atoms in total. The predicted octanol–water partition coefficient (Wildman–Crippen LogP) is 3.83. The molecule has 144 valence electrons. The molecule has 2 rings (SSSR count). The summed E-state index contributed by atoms with van der Waals surface area (Å²) in [6, 6.07) is 11.0. The van der Waals surface area contributed by atoms with Crippen molar-refractivity contribution in [2.45, 2.75) is 18.7 Å². The molecule has 0 bridgehead atoms. The number of hydrazone groups is 1. The van der Waals surface area contributed by atoms with Gasteiger partial charge in [0.25, 0.3) is 5.69 Å². The summed E-state index contributed by atoms with van der Waals surface area (Å²) < 4.78 is 27.9. The van der Waals surface area contributed by atoms with Gasteiger partial charge in [-0.25, -0.2) is 8.42 Å². The molecule has 10 heteroatoms. The van der Waals surface area contributed by atoms with Crippen LogP contribution in [0.5, 0.6) is 0 Å². The fraction of sp³-hybridized carbons (Fsp3) is 0.235. The molecule has 0 amide bonds. The molecule has 0 heterocycles. The van der Waals surface area contributed by atoms with Gasteiger partial charge in [0.1, 0.15) is 4.90 Å². The molecule has 0 unspecified atom stereocenters. The largest absolute Gasteiger partial charge is 0.277 e. The van der Waals surface area contributed by atoms with Crippen LogP contribution in [0, 0.1) is 10.1 Å². The van der Waals surface area contributed by atoms with Gasteiger partial charge in [-0.2, -0.15) is 9.41 Å². The first kappa shape index (κ1) is 21.0. The molecule has 0 spiro atoms. The van der Waals surface area contributed by atoms with E-state index in [1.165, 1.54) is 22.7 Å². The van der Waals surface area contributed by atoms with Crippen molar-refractivity contribution < 1.29 is 13.3 Å². The maximum atomic E-state index is 12.9. The van der Waals surface area contributed by atoms with E-state index < -0.39 is 14.9 Å². The van der Waals surface area contributed by atoms with Gasteiger partial charge in [-0.15, -0.1) is 0 Å². The van der Waals surface area contributed by atoms with E-state index in [0.717, 1.165) is 16.1 Å². The highest BCUT2D eigenvalue weighted by Gasteiger charge is 2.27. The van der Waals surface area contributed by atoms with Crippen LogP contribution in [-0.4, -0.2) is 37.0 Å². The fourth-order valence-corrected chi connectivity index (χ4v) is 4.43. The highest BCUT2D eigenvalue weighted by atomic mass is 79.9. The number of sulfonamides is 1. The number of hydrogen-bond acceptors (Lipinski definition) is 6. The molecule has 0 fully saturated rings. The lowest BCUT2D eigenvalue weighted by atomic mass is 10.2. The second-order valence-corrected chi connectivity index (χ2v) is 8.27. The number of nitro benzene ring substituents is 1. The first-order valence-corrected chi connectivity index (χ1v) is 10.4. The summed E-state index contributed by atoms with van der Waals surface area (Å²) in [4.78, 5) is 10.3. The predicted molar refractivity (Wildman–Crippen MR) is 109 cm³/mol. The number of non-ortho nitro benzene ring substituents is 1. The Hall–Kier alpha value is -2.30. The quantitative estimate of drug-likeness (QED) is 0.370. The van der Waals surface area contributed by atoms with Crippen molar-refractivity contribution >= 4 is 43.5 Å². The van der Waals surface area contributed by atoms with Crippen LogP contribution >= 0.6 is 15.9 Å². The van der Waals surface area contributed by atoms with E-state index in [9.17, 15) is 18.5 Å². The summed E-state index contributed by atoms with van der Waals surface area (Å²) in [5.41, 5.74) is 3.34. The molecule has 0 saturated carbocycles. The molecule has 27 heavy (non-hydrogen) atoms. The second-order valence-electron chi connectivity index (χ2n) is 5.45. The van der Waals surface area contributed by atoms with E-state index in [1.807, 2.05) is 24.3 Å². The fourth-order valence-electron chi connectivity index (χ4n) is 2.40. The van der Waals surface area contributed by atoms with Crippen molar-refractivity contribution in [1.29, 1.82) is 0 Å². The zero-order chi connectivity index (χ0) is 20.0. The molecule has 2 aromatic carbocycles. The van der Waals surface area contributed by atoms with E-state index in [-0.39, 0.29) is 29.4 Å². The van der Waals surface area contributed by atoms with Crippen LogP contribution in [0.15, 0.2) is 56.9 Å². The normalized spacial score (nSPS) is 11.9. The number of rotatable bonds is 8. The highest BCUT2D eigenvalue weighted by molar-refractivity contribution is 9.10. The molecule has 0 aliphatic carbocycles. The van der Waals surface area contributed by atoms with Crippen molar-refractivity contribution in [3.8, 4) is 0 Å². The first-order valence-electron chi connectivity index (χ1n) is 8.12. The molecule has 0 saturated heterocycles. The number of hydrogen-bond donors (Lipinski definition) is 1. The summed E-state index contributed by atoms with van der Waals surface area (Å²) >= 11 is 3.36. The molecule has 0 aliphatic heterocycles. The zero-order valence-electron chi connectivity index (χ0n) is 14.8. The maximum Gasteiger partial charge on any atom is 0.270 e. The van der Waals surface area contributed by atoms with Gasteiger partial charge in [-0.05, 0) is 23.8 Å². The lowest BCUT2D eigenvalue weighted by Gasteiger charge is -2.20. The Morgan fingerprint density at radius 1 is 1.22 bits per heavy atom. The number of benzene rings is 2. The summed E-state index contributed by atoms with van der Waals surface area (Å²) in [5.74, 6) is 0. The van der Waals surface area contributed by atoms with Gasteiger partial charge in [0.05, 0.1) is 16.8 Å². The van der Waals surface area contributed by atoms with Crippen molar-refractivity contribution in [1.82, 2.24) is 4.31 Å². The Labute approximate surface area is 166 Å². The van der Waals surface area contributed by atoms with Crippen LogP contribution in [0.3, 0.4) is 0 Å². The monoisotopic (exact) mass is 454 g/mol. The minimum absolute atomic E-state index is 0.166. The van der Waals surface area contributed by atoms with Gasteiger partial charge >= 0.3 is 0 Å². The zero-order valence-corrected chi connectivity index (χ0v) is 17.2. The topological polar surface area (TPSA) is 105 Å². The van der Waals surface area contributed by atoms with Crippen molar-refractivity contribution in [2.24, 2.45) is 5.10 Å². The molecule has 0 atom stereocenters. The molecule has 0 aliphatic rings. The average Bonchev–Trinajstić information content (AvgIpc) is 2.62. The van der Waals surface area contributed by atoms with Crippen LogP contribution in [-0.2, 0) is 10.0 Å². The van der Waals surface area contributed by atoms with E-state index >= 15 is 0 Å². The number of nitro groups is 1. The van der Waals surface area contributed by atoms with Crippen molar-refractivity contribution in [3.63, 3.8) is 0 Å². The lowest BCUT2D eigenvalue weighted by molar-refractivity contribution is -0.385. The summed E-state index contributed by atoms with van der Waals surface area (Å²) in [6.45, 7) is 3.92. The van der Waals surface area contributed by atoms with E-state index in [0.29, 0.717) is 0 Å². The van der Waals surface area contributed by atoms with Crippen LogP contribution < -0.4 is 5.43 Å². The molecule has 2 aromatic rings. The third-order valence-corrected chi connectivity index (χ3v) is 6.33. The Kier molecular flexibility index (Phi) is 7.05. The third kappa shape index (κ3) is 5.12.